The van der Waals surface area contributed by atoms with E-state index in [4.69, 9.17) is 4.74 Å². The van der Waals surface area contributed by atoms with E-state index >= 15 is 0 Å². The smallest absolute Gasteiger partial charge is 0.130 e. The highest BCUT2D eigenvalue weighted by Crippen LogP contribution is 2.37. The summed E-state index contributed by atoms with van der Waals surface area (Å²) >= 11 is 0. The Labute approximate surface area is 186 Å². The van der Waals surface area contributed by atoms with Crippen molar-refractivity contribution < 1.29 is 9.84 Å². The number of ether oxygens (including phenoxy) is 1. The lowest BCUT2D eigenvalue weighted by Gasteiger charge is -2.18. The molecule has 0 unspecified atom stereocenters. The topological polar surface area (TPSA) is 60.2 Å². The zero-order valence-corrected chi connectivity index (χ0v) is 17.6. The standard InChI is InChI=1S/C27H23N3O2/c31-15-16-32-27-22(17-20-9-3-1-4-10-20)18-23(19-24(27)21-11-5-2-6-12-21)30-28-25-13-7-8-14-26(25)29-30/h1-14,18-19,31H,15-17H2. The van der Waals surface area contributed by atoms with Crippen molar-refractivity contribution in [3.8, 4) is 22.6 Å². The van der Waals surface area contributed by atoms with Gasteiger partial charge in [-0.05, 0) is 35.4 Å². The normalized spacial score (nSPS) is 11.0. The molecule has 5 aromatic rings. The van der Waals surface area contributed by atoms with Crippen LogP contribution in [0.3, 0.4) is 0 Å². The van der Waals surface area contributed by atoms with Crippen LogP contribution >= 0.6 is 0 Å². The summed E-state index contributed by atoms with van der Waals surface area (Å²) in [4.78, 5) is 1.68. The highest BCUT2D eigenvalue weighted by molar-refractivity contribution is 5.76. The first-order valence-corrected chi connectivity index (χ1v) is 10.6. The van der Waals surface area contributed by atoms with Gasteiger partial charge in [-0.2, -0.15) is 4.80 Å². The minimum atomic E-state index is -0.0488. The first kappa shape index (κ1) is 20.0. The quantitative estimate of drug-likeness (QED) is 0.400. The molecule has 0 aliphatic rings. The second-order valence-corrected chi connectivity index (χ2v) is 7.56. The molecule has 158 valence electrons. The third-order valence-electron chi connectivity index (χ3n) is 5.33. The number of fused-ring (bicyclic) bond motifs is 1. The molecular weight excluding hydrogens is 398 g/mol. The summed E-state index contributed by atoms with van der Waals surface area (Å²) in [5.74, 6) is 0.773. The number of rotatable bonds is 7. The van der Waals surface area contributed by atoms with Gasteiger partial charge in [-0.15, -0.1) is 10.2 Å². The van der Waals surface area contributed by atoms with Crippen molar-refractivity contribution in [3.63, 3.8) is 0 Å². The van der Waals surface area contributed by atoms with Gasteiger partial charge in [0.05, 0.1) is 12.3 Å². The molecule has 0 fully saturated rings. The lowest BCUT2D eigenvalue weighted by Crippen LogP contribution is -2.08. The minimum Gasteiger partial charge on any atom is -0.490 e. The van der Waals surface area contributed by atoms with Crippen LogP contribution in [0.25, 0.3) is 27.8 Å². The number of aliphatic hydroxyl groups excluding tert-OH is 1. The molecule has 0 amide bonds. The number of benzene rings is 4. The molecular formula is C27H23N3O2. The summed E-state index contributed by atoms with van der Waals surface area (Å²) in [5, 5.41) is 18.8. The first-order valence-electron chi connectivity index (χ1n) is 10.6. The summed E-state index contributed by atoms with van der Waals surface area (Å²) in [6.07, 6.45) is 0.691. The predicted molar refractivity (Wildman–Crippen MR) is 126 cm³/mol. The monoisotopic (exact) mass is 421 g/mol. The summed E-state index contributed by atoms with van der Waals surface area (Å²) in [6, 6.07) is 32.4. The van der Waals surface area contributed by atoms with Gasteiger partial charge in [-0.3, -0.25) is 0 Å². The van der Waals surface area contributed by atoms with Crippen molar-refractivity contribution in [2.24, 2.45) is 0 Å². The van der Waals surface area contributed by atoms with E-state index in [0.717, 1.165) is 39.2 Å². The van der Waals surface area contributed by atoms with Gasteiger partial charge < -0.3 is 9.84 Å². The van der Waals surface area contributed by atoms with Crippen molar-refractivity contribution in [1.82, 2.24) is 15.0 Å². The van der Waals surface area contributed by atoms with E-state index in [0.29, 0.717) is 6.42 Å². The van der Waals surface area contributed by atoms with Gasteiger partial charge in [-0.25, -0.2) is 0 Å². The van der Waals surface area contributed by atoms with Crippen molar-refractivity contribution in [2.45, 2.75) is 6.42 Å². The zero-order valence-electron chi connectivity index (χ0n) is 17.6. The van der Waals surface area contributed by atoms with Crippen LogP contribution in [-0.4, -0.2) is 33.3 Å². The fraction of sp³-hybridized carbons (Fsp3) is 0.111. The Morgan fingerprint density at radius 1 is 0.750 bits per heavy atom. The summed E-state index contributed by atoms with van der Waals surface area (Å²) in [5.41, 5.74) is 6.73. The van der Waals surface area contributed by atoms with E-state index in [-0.39, 0.29) is 13.2 Å². The maximum Gasteiger partial charge on any atom is 0.130 e. The lowest BCUT2D eigenvalue weighted by atomic mass is 9.96. The van der Waals surface area contributed by atoms with Crippen LogP contribution < -0.4 is 4.74 Å². The zero-order chi connectivity index (χ0) is 21.8. The van der Waals surface area contributed by atoms with E-state index in [1.54, 1.807) is 4.80 Å². The second kappa shape index (κ2) is 9.04. The molecule has 1 aromatic heterocycles. The van der Waals surface area contributed by atoms with Crippen LogP contribution in [0.1, 0.15) is 11.1 Å². The molecule has 0 aliphatic carbocycles. The van der Waals surface area contributed by atoms with Gasteiger partial charge in [0.2, 0.25) is 0 Å². The molecule has 1 N–H and O–H groups in total. The van der Waals surface area contributed by atoms with Gasteiger partial charge >= 0.3 is 0 Å². The van der Waals surface area contributed by atoms with Crippen LogP contribution in [-0.2, 0) is 6.42 Å². The molecule has 0 aliphatic heterocycles. The average Bonchev–Trinajstić information content (AvgIpc) is 3.28. The van der Waals surface area contributed by atoms with E-state index in [9.17, 15) is 5.11 Å². The van der Waals surface area contributed by atoms with Crippen molar-refractivity contribution in [2.75, 3.05) is 13.2 Å². The van der Waals surface area contributed by atoms with Crippen LogP contribution in [0.2, 0.25) is 0 Å². The number of hydrogen-bond donors (Lipinski definition) is 1. The van der Waals surface area contributed by atoms with E-state index < -0.39 is 0 Å². The van der Waals surface area contributed by atoms with E-state index in [1.165, 1.54) is 5.56 Å². The molecule has 4 aromatic carbocycles. The Balaban J connectivity index is 1.71. The molecule has 5 nitrogen and oxygen atoms in total. The highest BCUT2D eigenvalue weighted by atomic mass is 16.5. The van der Waals surface area contributed by atoms with Crippen LogP contribution in [0.5, 0.6) is 5.75 Å². The molecule has 0 bridgehead atoms. The van der Waals surface area contributed by atoms with Crippen LogP contribution in [0, 0.1) is 0 Å². The first-order chi connectivity index (χ1) is 15.8. The SMILES string of the molecule is OCCOc1c(Cc2ccccc2)cc(-n2nc3ccccc3n2)cc1-c1ccccc1. The molecule has 5 heteroatoms. The summed E-state index contributed by atoms with van der Waals surface area (Å²) in [7, 11) is 0. The molecule has 1 heterocycles. The van der Waals surface area contributed by atoms with Crippen LogP contribution in [0.4, 0.5) is 0 Å². The van der Waals surface area contributed by atoms with E-state index in [2.05, 4.69) is 46.6 Å². The highest BCUT2D eigenvalue weighted by Gasteiger charge is 2.17. The second-order valence-electron chi connectivity index (χ2n) is 7.56. The third kappa shape index (κ3) is 4.11. The van der Waals surface area contributed by atoms with Crippen molar-refractivity contribution in [3.05, 3.63) is 108 Å². The number of hydrogen-bond acceptors (Lipinski definition) is 4. The third-order valence-corrected chi connectivity index (χ3v) is 5.33. The fourth-order valence-corrected chi connectivity index (χ4v) is 3.86. The fourth-order valence-electron chi connectivity index (χ4n) is 3.86. The van der Waals surface area contributed by atoms with Gasteiger partial charge in [-0.1, -0.05) is 72.8 Å². The summed E-state index contributed by atoms with van der Waals surface area (Å²) in [6.45, 7) is 0.178. The number of aromatic nitrogens is 3. The number of nitrogens with zero attached hydrogens (tertiary/aromatic N) is 3. The Bertz CT molecular complexity index is 1300. The lowest BCUT2D eigenvalue weighted by molar-refractivity contribution is 0.201. The minimum absolute atomic E-state index is 0.0488. The Morgan fingerprint density at radius 2 is 1.38 bits per heavy atom. The average molecular weight is 422 g/mol. The summed E-state index contributed by atoms with van der Waals surface area (Å²) < 4.78 is 6.09. The molecule has 0 spiro atoms. The molecule has 0 saturated carbocycles. The van der Waals surface area contributed by atoms with Crippen molar-refractivity contribution >= 4 is 11.0 Å². The van der Waals surface area contributed by atoms with Gasteiger partial charge in [0.1, 0.15) is 23.4 Å². The largest absolute Gasteiger partial charge is 0.490 e. The maximum atomic E-state index is 9.43. The van der Waals surface area contributed by atoms with Gasteiger partial charge in [0, 0.05) is 17.5 Å². The van der Waals surface area contributed by atoms with Crippen LogP contribution in [0.15, 0.2) is 97.1 Å². The Morgan fingerprint density at radius 3 is 2.03 bits per heavy atom. The molecule has 0 atom stereocenters. The number of aliphatic hydroxyl groups is 1. The molecule has 32 heavy (non-hydrogen) atoms. The molecule has 0 saturated heterocycles. The Kier molecular flexibility index (Phi) is 5.64. The van der Waals surface area contributed by atoms with Gasteiger partial charge in [0.15, 0.2) is 0 Å². The Hall–Kier alpha value is -3.96. The molecule has 5 rings (SSSR count). The maximum absolute atomic E-state index is 9.43. The van der Waals surface area contributed by atoms with Gasteiger partial charge in [0.25, 0.3) is 0 Å². The molecule has 0 radical (unpaired) electrons. The predicted octanol–water partition coefficient (Wildman–Crippen LogP) is 5.05. The van der Waals surface area contributed by atoms with Crippen molar-refractivity contribution in [1.29, 1.82) is 0 Å². The van der Waals surface area contributed by atoms with E-state index in [1.807, 2.05) is 60.7 Å².